The van der Waals surface area contributed by atoms with Crippen molar-refractivity contribution < 1.29 is 0 Å². The second kappa shape index (κ2) is 5.01. The number of nitrogens with zero attached hydrogens (tertiary/aromatic N) is 1. The van der Waals surface area contributed by atoms with Crippen LogP contribution < -0.4 is 4.90 Å². The van der Waals surface area contributed by atoms with Crippen LogP contribution in [0.15, 0.2) is 60.7 Å². The maximum atomic E-state index is 2.24. The average molecular weight is 261 g/mol. The predicted molar refractivity (Wildman–Crippen MR) is 87.9 cm³/mol. The van der Waals surface area contributed by atoms with Crippen LogP contribution in [-0.4, -0.2) is 7.05 Å². The molecule has 0 aliphatic carbocycles. The van der Waals surface area contributed by atoms with Crippen LogP contribution in [0, 0.1) is 13.8 Å². The summed E-state index contributed by atoms with van der Waals surface area (Å²) in [5, 5.41) is 2.56. The predicted octanol–water partition coefficient (Wildman–Crippen LogP) is 5.22. The fourth-order valence-corrected chi connectivity index (χ4v) is 2.47. The Morgan fingerprint density at radius 2 is 1.30 bits per heavy atom. The van der Waals surface area contributed by atoms with E-state index in [1.54, 1.807) is 0 Å². The zero-order valence-corrected chi connectivity index (χ0v) is 12.2. The normalized spacial score (nSPS) is 10.8. The second-order valence-electron chi connectivity index (χ2n) is 5.36. The standard InChI is InChI=1S/C19H19N/c1-14-8-10-18(12-15(14)2)20(3)19-11-9-16-6-4-5-7-17(16)13-19/h4-13H,1-3H3. The van der Waals surface area contributed by atoms with Crippen molar-refractivity contribution in [3.63, 3.8) is 0 Å². The van der Waals surface area contributed by atoms with Gasteiger partial charge in [0.15, 0.2) is 0 Å². The summed E-state index contributed by atoms with van der Waals surface area (Å²) in [6, 6.07) is 21.7. The Morgan fingerprint density at radius 1 is 0.650 bits per heavy atom. The van der Waals surface area contributed by atoms with E-state index in [9.17, 15) is 0 Å². The third-order valence-electron chi connectivity index (χ3n) is 4.00. The summed E-state index contributed by atoms with van der Waals surface area (Å²) < 4.78 is 0. The third kappa shape index (κ3) is 2.27. The van der Waals surface area contributed by atoms with E-state index in [-0.39, 0.29) is 0 Å². The first-order valence-corrected chi connectivity index (χ1v) is 6.95. The first-order chi connectivity index (χ1) is 9.65. The van der Waals surface area contributed by atoms with Gasteiger partial charge < -0.3 is 4.90 Å². The van der Waals surface area contributed by atoms with Crippen molar-refractivity contribution in [3.8, 4) is 0 Å². The smallest absolute Gasteiger partial charge is 0.0414 e. The van der Waals surface area contributed by atoms with Gasteiger partial charge in [-0.15, -0.1) is 0 Å². The van der Waals surface area contributed by atoms with Gasteiger partial charge in [0.1, 0.15) is 0 Å². The lowest BCUT2D eigenvalue weighted by Gasteiger charge is -2.21. The minimum atomic E-state index is 1.21. The third-order valence-corrected chi connectivity index (χ3v) is 4.00. The van der Waals surface area contributed by atoms with Crippen LogP contribution in [0.2, 0.25) is 0 Å². The van der Waals surface area contributed by atoms with Crippen molar-refractivity contribution in [1.29, 1.82) is 0 Å². The maximum absolute atomic E-state index is 2.24. The molecule has 0 bridgehead atoms. The molecule has 20 heavy (non-hydrogen) atoms. The highest BCUT2D eigenvalue weighted by Gasteiger charge is 2.05. The summed E-state index contributed by atoms with van der Waals surface area (Å²) in [4.78, 5) is 2.24. The fourth-order valence-electron chi connectivity index (χ4n) is 2.47. The van der Waals surface area contributed by atoms with Gasteiger partial charge >= 0.3 is 0 Å². The zero-order chi connectivity index (χ0) is 14.1. The molecular weight excluding hydrogens is 242 g/mol. The van der Waals surface area contributed by atoms with Crippen molar-refractivity contribution in [2.45, 2.75) is 13.8 Å². The molecule has 0 saturated heterocycles. The van der Waals surface area contributed by atoms with Crippen LogP contribution in [0.25, 0.3) is 10.8 Å². The Bertz CT molecular complexity index is 759. The van der Waals surface area contributed by atoms with Gasteiger partial charge in [0.2, 0.25) is 0 Å². The lowest BCUT2D eigenvalue weighted by Crippen LogP contribution is -2.09. The highest BCUT2D eigenvalue weighted by atomic mass is 15.1. The second-order valence-corrected chi connectivity index (χ2v) is 5.36. The lowest BCUT2D eigenvalue weighted by atomic mass is 10.1. The summed E-state index contributed by atoms with van der Waals surface area (Å²) in [5.74, 6) is 0. The first-order valence-electron chi connectivity index (χ1n) is 6.95. The van der Waals surface area contributed by atoms with E-state index in [1.807, 2.05) is 0 Å². The van der Waals surface area contributed by atoms with Gasteiger partial charge in [-0.3, -0.25) is 0 Å². The largest absolute Gasteiger partial charge is 0.345 e. The van der Waals surface area contributed by atoms with Gasteiger partial charge in [-0.05, 0) is 60.0 Å². The molecule has 0 radical (unpaired) electrons. The molecule has 3 aromatic rings. The monoisotopic (exact) mass is 261 g/mol. The van der Waals surface area contributed by atoms with Crippen molar-refractivity contribution in [2.75, 3.05) is 11.9 Å². The molecule has 3 rings (SSSR count). The van der Waals surface area contributed by atoms with Crippen molar-refractivity contribution in [3.05, 3.63) is 71.8 Å². The zero-order valence-electron chi connectivity index (χ0n) is 12.2. The van der Waals surface area contributed by atoms with Crippen LogP contribution in [0.5, 0.6) is 0 Å². The van der Waals surface area contributed by atoms with E-state index in [4.69, 9.17) is 0 Å². The number of hydrogen-bond donors (Lipinski definition) is 0. The molecule has 3 aromatic carbocycles. The molecule has 0 atom stereocenters. The summed E-state index contributed by atoms with van der Waals surface area (Å²) in [6.45, 7) is 4.31. The summed E-state index contributed by atoms with van der Waals surface area (Å²) in [6.07, 6.45) is 0. The molecule has 0 unspecified atom stereocenters. The highest BCUT2D eigenvalue weighted by Crippen LogP contribution is 2.28. The quantitative estimate of drug-likeness (QED) is 0.611. The maximum Gasteiger partial charge on any atom is 0.0414 e. The van der Waals surface area contributed by atoms with Crippen molar-refractivity contribution >= 4 is 22.1 Å². The number of anilines is 2. The Kier molecular flexibility index (Phi) is 3.19. The topological polar surface area (TPSA) is 3.24 Å². The lowest BCUT2D eigenvalue weighted by molar-refractivity contribution is 1.19. The molecule has 1 nitrogen and oxygen atoms in total. The first kappa shape index (κ1) is 12.7. The number of aryl methyl sites for hydroxylation is 2. The van der Waals surface area contributed by atoms with Gasteiger partial charge in [0, 0.05) is 18.4 Å². The van der Waals surface area contributed by atoms with E-state index >= 15 is 0 Å². The van der Waals surface area contributed by atoms with Gasteiger partial charge in [-0.25, -0.2) is 0 Å². The molecule has 1 heteroatoms. The highest BCUT2D eigenvalue weighted by molar-refractivity contribution is 5.86. The van der Waals surface area contributed by atoms with Crippen LogP contribution in [0.3, 0.4) is 0 Å². The molecule has 0 fully saturated rings. The number of fused-ring (bicyclic) bond motifs is 1. The molecule has 0 heterocycles. The Labute approximate surface area is 120 Å². The Morgan fingerprint density at radius 3 is 2.05 bits per heavy atom. The summed E-state index contributed by atoms with van der Waals surface area (Å²) >= 11 is 0. The number of benzene rings is 3. The fraction of sp³-hybridized carbons (Fsp3) is 0.158. The molecule has 100 valence electrons. The number of hydrogen-bond acceptors (Lipinski definition) is 1. The molecule has 0 aromatic heterocycles. The molecule has 0 N–H and O–H groups in total. The van der Waals surface area contributed by atoms with Gasteiger partial charge in [0.05, 0.1) is 0 Å². The Balaban J connectivity index is 2.02. The van der Waals surface area contributed by atoms with Gasteiger partial charge in [0.25, 0.3) is 0 Å². The van der Waals surface area contributed by atoms with E-state index in [0.717, 1.165) is 0 Å². The van der Waals surface area contributed by atoms with E-state index in [0.29, 0.717) is 0 Å². The molecule has 0 spiro atoms. The summed E-state index contributed by atoms with van der Waals surface area (Å²) in [7, 11) is 2.12. The molecule has 0 aliphatic rings. The van der Waals surface area contributed by atoms with Gasteiger partial charge in [-0.1, -0.05) is 36.4 Å². The van der Waals surface area contributed by atoms with Crippen LogP contribution >= 0.6 is 0 Å². The van der Waals surface area contributed by atoms with Gasteiger partial charge in [-0.2, -0.15) is 0 Å². The van der Waals surface area contributed by atoms with Crippen molar-refractivity contribution in [1.82, 2.24) is 0 Å². The minimum absolute atomic E-state index is 1.21. The van der Waals surface area contributed by atoms with Crippen LogP contribution in [0.1, 0.15) is 11.1 Å². The molecular formula is C19H19N. The average Bonchev–Trinajstić information content (AvgIpc) is 2.49. The number of rotatable bonds is 2. The van der Waals surface area contributed by atoms with Crippen molar-refractivity contribution in [2.24, 2.45) is 0 Å². The van der Waals surface area contributed by atoms with Crippen LogP contribution in [-0.2, 0) is 0 Å². The molecule has 0 saturated carbocycles. The molecule has 0 aliphatic heterocycles. The van der Waals surface area contributed by atoms with Crippen LogP contribution in [0.4, 0.5) is 11.4 Å². The SMILES string of the molecule is Cc1ccc(N(C)c2ccc3ccccc3c2)cc1C. The van der Waals surface area contributed by atoms with E-state index in [2.05, 4.69) is 86.5 Å². The van der Waals surface area contributed by atoms with E-state index < -0.39 is 0 Å². The summed E-state index contributed by atoms with van der Waals surface area (Å²) in [5.41, 5.74) is 5.10. The van der Waals surface area contributed by atoms with E-state index in [1.165, 1.54) is 33.3 Å². The molecule has 0 amide bonds. The Hall–Kier alpha value is -2.28. The minimum Gasteiger partial charge on any atom is -0.345 e.